The van der Waals surface area contributed by atoms with Crippen LogP contribution in [0.5, 0.6) is 0 Å². The molecule has 1 fully saturated rings. The summed E-state index contributed by atoms with van der Waals surface area (Å²) in [5.74, 6) is -0.112. The zero-order chi connectivity index (χ0) is 18.1. The van der Waals surface area contributed by atoms with Gasteiger partial charge in [-0.2, -0.15) is 0 Å². The molecule has 2 N–H and O–H groups in total. The predicted octanol–water partition coefficient (Wildman–Crippen LogP) is 2.49. The van der Waals surface area contributed by atoms with Gasteiger partial charge in [-0.1, -0.05) is 25.0 Å². The maximum absolute atomic E-state index is 12.3. The maximum Gasteiger partial charge on any atom is 0.243 e. The molecule has 0 unspecified atom stereocenters. The Bertz CT molecular complexity index is 569. The first-order valence-corrected chi connectivity index (χ1v) is 9.12. The third-order valence-electron chi connectivity index (χ3n) is 4.67. The molecule has 2 amide bonds. The van der Waals surface area contributed by atoms with Crippen molar-refractivity contribution in [2.75, 3.05) is 31.1 Å². The molecular weight excluding hydrogens is 318 g/mol. The van der Waals surface area contributed by atoms with Gasteiger partial charge in [0.05, 0.1) is 0 Å². The van der Waals surface area contributed by atoms with Crippen molar-refractivity contribution in [1.82, 2.24) is 10.4 Å². The Morgan fingerprint density at radius 1 is 1.04 bits per heavy atom. The molecule has 1 aliphatic heterocycles. The van der Waals surface area contributed by atoms with Crippen LogP contribution in [0.25, 0.3) is 0 Å². The number of rotatable bonds is 8. The number of hydroxylamine groups is 1. The van der Waals surface area contributed by atoms with Crippen molar-refractivity contribution in [3.8, 4) is 0 Å². The monoisotopic (exact) mass is 347 g/mol. The molecule has 0 radical (unpaired) electrons. The molecule has 1 saturated heterocycles. The lowest BCUT2D eigenvalue weighted by atomic mass is 10.1. The third-order valence-corrected chi connectivity index (χ3v) is 4.67. The zero-order valence-electron chi connectivity index (χ0n) is 15.0. The molecule has 2 rings (SSSR count). The summed E-state index contributed by atoms with van der Waals surface area (Å²) in [6, 6.07) is 8.49. The smallest absolute Gasteiger partial charge is 0.243 e. The lowest BCUT2D eigenvalue weighted by molar-refractivity contribution is -0.132. The first-order chi connectivity index (χ1) is 12.1. The number of aryl methyl sites for hydroxylation is 1. The van der Waals surface area contributed by atoms with Crippen LogP contribution in [0, 0.1) is 6.92 Å². The van der Waals surface area contributed by atoms with Gasteiger partial charge in [0.1, 0.15) is 0 Å². The number of nitrogens with one attached hydrogen (secondary N) is 1. The van der Waals surface area contributed by atoms with Crippen LogP contribution < -0.4 is 10.4 Å². The molecule has 1 aromatic carbocycles. The fraction of sp³-hybridized carbons (Fsp3) is 0.579. The summed E-state index contributed by atoms with van der Waals surface area (Å²) < 4.78 is 0. The van der Waals surface area contributed by atoms with Gasteiger partial charge < -0.3 is 9.80 Å². The number of benzene rings is 1. The predicted molar refractivity (Wildman–Crippen MR) is 97.6 cm³/mol. The van der Waals surface area contributed by atoms with Crippen LogP contribution in [-0.4, -0.2) is 48.1 Å². The lowest BCUT2D eigenvalue weighted by Gasteiger charge is -2.36. The molecule has 1 heterocycles. The molecule has 1 aromatic rings. The van der Waals surface area contributed by atoms with E-state index in [1.807, 2.05) is 4.90 Å². The van der Waals surface area contributed by atoms with Crippen molar-refractivity contribution in [2.24, 2.45) is 0 Å². The molecule has 0 aromatic heterocycles. The highest BCUT2D eigenvalue weighted by molar-refractivity contribution is 5.76. The Morgan fingerprint density at radius 3 is 2.36 bits per heavy atom. The molecule has 25 heavy (non-hydrogen) atoms. The highest BCUT2D eigenvalue weighted by Gasteiger charge is 2.20. The SMILES string of the molecule is Cc1cccc(N2CCN(C(=O)CCCCCCC(=O)NO)CC2)c1. The summed E-state index contributed by atoms with van der Waals surface area (Å²) in [6.45, 7) is 5.42. The number of carbonyl (C=O) groups excluding carboxylic acids is 2. The fourth-order valence-electron chi connectivity index (χ4n) is 3.17. The van der Waals surface area contributed by atoms with E-state index >= 15 is 0 Å². The van der Waals surface area contributed by atoms with E-state index in [-0.39, 0.29) is 11.8 Å². The van der Waals surface area contributed by atoms with Crippen molar-refractivity contribution in [1.29, 1.82) is 0 Å². The largest absolute Gasteiger partial charge is 0.368 e. The minimum atomic E-state index is -0.345. The molecule has 1 aliphatic rings. The van der Waals surface area contributed by atoms with Crippen molar-refractivity contribution in [3.63, 3.8) is 0 Å². The lowest BCUT2D eigenvalue weighted by Crippen LogP contribution is -2.48. The van der Waals surface area contributed by atoms with Crippen LogP contribution in [0.15, 0.2) is 24.3 Å². The zero-order valence-corrected chi connectivity index (χ0v) is 15.0. The first-order valence-electron chi connectivity index (χ1n) is 9.12. The van der Waals surface area contributed by atoms with Gasteiger partial charge in [0, 0.05) is 44.7 Å². The number of amides is 2. The molecule has 0 bridgehead atoms. The van der Waals surface area contributed by atoms with Crippen LogP contribution in [0.4, 0.5) is 5.69 Å². The second kappa shape index (κ2) is 10.0. The van der Waals surface area contributed by atoms with Crippen LogP contribution >= 0.6 is 0 Å². The Labute approximate surface area is 149 Å². The Kier molecular flexibility index (Phi) is 7.73. The number of carbonyl (C=O) groups is 2. The Morgan fingerprint density at radius 2 is 1.72 bits per heavy atom. The molecule has 6 nitrogen and oxygen atoms in total. The number of hydrogen-bond donors (Lipinski definition) is 2. The van der Waals surface area contributed by atoms with E-state index in [0.717, 1.165) is 51.9 Å². The summed E-state index contributed by atoms with van der Waals surface area (Å²) in [5, 5.41) is 8.41. The standard InChI is InChI=1S/C19H29N3O3/c1-16-7-6-8-17(15-16)21-11-13-22(14-12-21)19(24)10-5-3-2-4-9-18(23)20-25/h6-8,15,25H,2-5,9-14H2,1H3,(H,20,23). The number of unbranched alkanes of at least 4 members (excludes halogenated alkanes) is 3. The molecule has 0 atom stereocenters. The highest BCUT2D eigenvalue weighted by atomic mass is 16.5. The summed E-state index contributed by atoms with van der Waals surface area (Å²) >= 11 is 0. The average molecular weight is 347 g/mol. The van der Waals surface area contributed by atoms with E-state index in [1.54, 1.807) is 5.48 Å². The Balaban J connectivity index is 1.62. The topological polar surface area (TPSA) is 72.9 Å². The van der Waals surface area contributed by atoms with E-state index in [0.29, 0.717) is 12.8 Å². The van der Waals surface area contributed by atoms with Crippen LogP contribution in [0.2, 0.25) is 0 Å². The summed E-state index contributed by atoms with van der Waals surface area (Å²) in [7, 11) is 0. The number of anilines is 1. The fourth-order valence-corrected chi connectivity index (χ4v) is 3.17. The van der Waals surface area contributed by atoms with Crippen molar-refractivity contribution in [2.45, 2.75) is 45.4 Å². The molecule has 138 valence electrons. The van der Waals surface area contributed by atoms with Gasteiger partial charge in [-0.25, -0.2) is 5.48 Å². The molecular formula is C19H29N3O3. The van der Waals surface area contributed by atoms with Gasteiger partial charge in [-0.3, -0.25) is 14.8 Å². The van der Waals surface area contributed by atoms with Crippen molar-refractivity contribution < 1.29 is 14.8 Å². The number of piperazine rings is 1. The molecule has 0 spiro atoms. The van der Waals surface area contributed by atoms with Crippen LogP contribution in [0.1, 0.15) is 44.1 Å². The second-order valence-electron chi connectivity index (χ2n) is 6.66. The van der Waals surface area contributed by atoms with E-state index in [2.05, 4.69) is 36.1 Å². The van der Waals surface area contributed by atoms with E-state index in [1.165, 1.54) is 11.3 Å². The minimum Gasteiger partial charge on any atom is -0.368 e. The van der Waals surface area contributed by atoms with Crippen molar-refractivity contribution >= 4 is 17.5 Å². The van der Waals surface area contributed by atoms with Gasteiger partial charge in [-0.15, -0.1) is 0 Å². The third kappa shape index (κ3) is 6.38. The van der Waals surface area contributed by atoms with Crippen molar-refractivity contribution in [3.05, 3.63) is 29.8 Å². The summed E-state index contributed by atoms with van der Waals surface area (Å²) in [6.07, 6.45) is 4.37. The second-order valence-corrected chi connectivity index (χ2v) is 6.66. The van der Waals surface area contributed by atoms with Gasteiger partial charge in [0.25, 0.3) is 0 Å². The van der Waals surface area contributed by atoms with E-state index in [9.17, 15) is 9.59 Å². The van der Waals surface area contributed by atoms with Crippen LogP contribution in [0.3, 0.4) is 0 Å². The summed E-state index contributed by atoms with van der Waals surface area (Å²) in [5.41, 5.74) is 4.12. The summed E-state index contributed by atoms with van der Waals surface area (Å²) in [4.78, 5) is 27.5. The highest BCUT2D eigenvalue weighted by Crippen LogP contribution is 2.18. The van der Waals surface area contributed by atoms with Gasteiger partial charge in [0.2, 0.25) is 11.8 Å². The van der Waals surface area contributed by atoms with E-state index in [4.69, 9.17) is 5.21 Å². The number of nitrogens with zero attached hydrogens (tertiary/aromatic N) is 2. The number of hydrogen-bond acceptors (Lipinski definition) is 4. The molecule has 0 saturated carbocycles. The maximum atomic E-state index is 12.3. The Hall–Kier alpha value is -2.08. The molecule has 6 heteroatoms. The normalized spacial score (nSPS) is 14.5. The van der Waals surface area contributed by atoms with Crippen LogP contribution in [-0.2, 0) is 9.59 Å². The van der Waals surface area contributed by atoms with Gasteiger partial charge in [-0.05, 0) is 37.5 Å². The minimum absolute atomic E-state index is 0.233. The van der Waals surface area contributed by atoms with Gasteiger partial charge >= 0.3 is 0 Å². The first kappa shape index (κ1) is 19.2. The van der Waals surface area contributed by atoms with Gasteiger partial charge in [0.15, 0.2) is 0 Å². The van der Waals surface area contributed by atoms with E-state index < -0.39 is 0 Å². The quantitative estimate of drug-likeness (QED) is 0.430. The molecule has 0 aliphatic carbocycles. The average Bonchev–Trinajstić information content (AvgIpc) is 2.64.